The van der Waals surface area contributed by atoms with E-state index >= 15 is 0 Å². The van der Waals surface area contributed by atoms with Gasteiger partial charge in [-0.15, -0.1) is 0 Å². The Balaban J connectivity index is 2.92. The fraction of sp³-hybridized carbons (Fsp3) is 0.100. The zero-order valence-electron chi connectivity index (χ0n) is 6.84. The summed E-state index contributed by atoms with van der Waals surface area (Å²) in [6.07, 6.45) is -1.36. The van der Waals surface area contributed by atoms with Crippen molar-refractivity contribution in [3.8, 4) is 0 Å². The number of halogens is 2. The number of ketones is 1. The van der Waals surface area contributed by atoms with Crippen molar-refractivity contribution in [1.82, 2.24) is 0 Å². The maximum Gasteiger partial charge on any atom is 0.300 e. The molecule has 0 aliphatic heterocycles. The molecule has 1 nitrogen and oxygen atoms in total. The van der Waals surface area contributed by atoms with Crippen molar-refractivity contribution in [2.75, 3.05) is 0 Å². The summed E-state index contributed by atoms with van der Waals surface area (Å²) in [4.78, 5) is 10.8. The van der Waals surface area contributed by atoms with Crippen LogP contribution >= 0.6 is 0 Å². The second-order valence-corrected chi connectivity index (χ2v) is 2.49. The van der Waals surface area contributed by atoms with E-state index in [0.29, 0.717) is 0 Å². The summed E-state index contributed by atoms with van der Waals surface area (Å²) in [5, 5.41) is 0. The van der Waals surface area contributed by atoms with Crippen LogP contribution in [-0.2, 0) is 0 Å². The second kappa shape index (κ2) is 3.94. The highest BCUT2D eigenvalue weighted by Crippen LogP contribution is 2.09. The number of carbonyl (C=O) groups is 1. The van der Waals surface area contributed by atoms with Gasteiger partial charge in [0.2, 0.25) is 5.78 Å². The molecule has 0 radical (unpaired) electrons. The molecule has 1 aromatic rings. The van der Waals surface area contributed by atoms with Crippen molar-refractivity contribution in [2.24, 2.45) is 0 Å². The number of rotatable bonds is 3. The Morgan fingerprint density at radius 2 is 1.85 bits per heavy atom. The molecule has 68 valence electrons. The molecule has 0 saturated carbocycles. The summed E-state index contributed by atoms with van der Waals surface area (Å²) in [5.41, 5.74) is 0.825. The largest absolute Gasteiger partial charge is 0.300 e. The third-order valence-corrected chi connectivity index (χ3v) is 1.63. The van der Waals surface area contributed by atoms with E-state index in [0.717, 1.165) is 5.56 Å². The van der Waals surface area contributed by atoms with E-state index in [1.807, 2.05) is 0 Å². The van der Waals surface area contributed by atoms with Crippen molar-refractivity contribution < 1.29 is 13.6 Å². The molecular weight excluding hydrogens is 174 g/mol. The van der Waals surface area contributed by atoms with Gasteiger partial charge in [-0.3, -0.25) is 4.79 Å². The molecule has 3 heteroatoms. The van der Waals surface area contributed by atoms with Crippen molar-refractivity contribution in [1.29, 1.82) is 0 Å². The molecule has 1 rings (SSSR count). The summed E-state index contributed by atoms with van der Waals surface area (Å²) in [5.74, 6) is -1.14. The Kier molecular flexibility index (Phi) is 2.90. The van der Waals surface area contributed by atoms with Crippen molar-refractivity contribution >= 4 is 11.9 Å². The van der Waals surface area contributed by atoms with Gasteiger partial charge < -0.3 is 0 Å². The lowest BCUT2D eigenvalue weighted by atomic mass is 10.1. The first-order valence-corrected chi connectivity index (χ1v) is 3.70. The Hall–Kier alpha value is -1.51. The van der Waals surface area contributed by atoms with Gasteiger partial charge in [0.1, 0.15) is 0 Å². The first-order valence-electron chi connectivity index (χ1n) is 3.70. The molecule has 0 aromatic heterocycles. The van der Waals surface area contributed by atoms with Crippen LogP contribution in [0.1, 0.15) is 15.9 Å². The van der Waals surface area contributed by atoms with E-state index < -0.39 is 12.2 Å². The Labute approximate surface area is 74.7 Å². The first kappa shape index (κ1) is 9.58. The van der Waals surface area contributed by atoms with Gasteiger partial charge in [-0.25, -0.2) is 8.78 Å². The maximum atomic E-state index is 11.9. The van der Waals surface area contributed by atoms with Crippen LogP contribution in [0, 0.1) is 0 Å². The van der Waals surface area contributed by atoms with Gasteiger partial charge in [-0.2, -0.15) is 0 Å². The van der Waals surface area contributed by atoms with Crippen LogP contribution in [0.4, 0.5) is 8.78 Å². The summed E-state index contributed by atoms with van der Waals surface area (Å²) < 4.78 is 23.9. The summed E-state index contributed by atoms with van der Waals surface area (Å²) in [7, 11) is 0. The smallest absolute Gasteiger partial charge is 0.288 e. The number of alkyl halides is 2. The molecule has 0 bridgehead atoms. The van der Waals surface area contributed by atoms with Gasteiger partial charge in [-0.05, 0) is 5.56 Å². The van der Waals surface area contributed by atoms with Crippen LogP contribution in [0.2, 0.25) is 0 Å². The molecule has 0 spiro atoms. The predicted molar refractivity (Wildman–Crippen MR) is 46.9 cm³/mol. The summed E-state index contributed by atoms with van der Waals surface area (Å²) in [6.45, 7) is 3.51. The normalized spacial score (nSPS) is 10.1. The molecular formula is C10H8F2O. The van der Waals surface area contributed by atoms with Crippen LogP contribution in [0.5, 0.6) is 0 Å². The van der Waals surface area contributed by atoms with Gasteiger partial charge in [0.05, 0.1) is 0 Å². The number of carbonyl (C=O) groups excluding carboxylic acids is 1. The average Bonchev–Trinajstić information content (AvgIpc) is 2.17. The fourth-order valence-corrected chi connectivity index (χ4v) is 0.909. The predicted octanol–water partition coefficient (Wildman–Crippen LogP) is 2.78. The molecule has 0 heterocycles. The number of hydrogen-bond donors (Lipinski definition) is 0. The summed E-state index contributed by atoms with van der Waals surface area (Å²) >= 11 is 0. The van der Waals surface area contributed by atoms with Crippen LogP contribution in [-0.4, -0.2) is 12.2 Å². The number of Topliss-reactive ketones (excluding diaryl/α,β-unsaturated/α-hetero) is 1. The van der Waals surface area contributed by atoms with Crippen molar-refractivity contribution in [3.63, 3.8) is 0 Å². The molecule has 0 atom stereocenters. The Morgan fingerprint density at radius 3 is 2.23 bits per heavy atom. The van der Waals surface area contributed by atoms with E-state index in [4.69, 9.17) is 0 Å². The minimum absolute atomic E-state index is 0.0283. The van der Waals surface area contributed by atoms with Crippen LogP contribution < -0.4 is 0 Å². The Bertz CT molecular complexity index is 314. The molecule has 0 unspecified atom stereocenters. The zero-order valence-corrected chi connectivity index (χ0v) is 6.84. The molecule has 0 aliphatic rings. The monoisotopic (exact) mass is 182 g/mol. The van der Waals surface area contributed by atoms with Crippen LogP contribution in [0.15, 0.2) is 30.8 Å². The molecule has 0 amide bonds. The molecule has 0 fully saturated rings. The number of benzene rings is 1. The van der Waals surface area contributed by atoms with Gasteiger partial charge in [-0.1, -0.05) is 36.9 Å². The molecule has 13 heavy (non-hydrogen) atoms. The SMILES string of the molecule is C=Cc1ccc(C(=O)C(F)F)cc1. The average molecular weight is 182 g/mol. The van der Waals surface area contributed by atoms with E-state index in [-0.39, 0.29) is 5.56 Å². The second-order valence-electron chi connectivity index (χ2n) is 2.49. The summed E-state index contributed by atoms with van der Waals surface area (Å²) in [6, 6.07) is 5.88. The quantitative estimate of drug-likeness (QED) is 0.657. The van der Waals surface area contributed by atoms with Gasteiger partial charge in [0.25, 0.3) is 0 Å². The standard InChI is InChI=1S/C10H8F2O/c1-2-7-3-5-8(6-4-7)9(13)10(11)12/h2-6,10H,1H2. The van der Waals surface area contributed by atoms with Crippen LogP contribution in [0.25, 0.3) is 6.08 Å². The van der Waals surface area contributed by atoms with Crippen molar-refractivity contribution in [2.45, 2.75) is 6.43 Å². The third kappa shape index (κ3) is 2.21. The topological polar surface area (TPSA) is 17.1 Å². The minimum atomic E-state index is -2.94. The zero-order chi connectivity index (χ0) is 9.84. The maximum absolute atomic E-state index is 11.9. The van der Waals surface area contributed by atoms with Gasteiger partial charge in [0.15, 0.2) is 0 Å². The van der Waals surface area contributed by atoms with Gasteiger partial charge in [0, 0.05) is 5.56 Å². The lowest BCUT2D eigenvalue weighted by molar-refractivity contribution is 0.0679. The minimum Gasteiger partial charge on any atom is -0.288 e. The highest BCUT2D eigenvalue weighted by atomic mass is 19.3. The van der Waals surface area contributed by atoms with E-state index in [1.54, 1.807) is 18.2 Å². The lowest BCUT2D eigenvalue weighted by Gasteiger charge is -1.99. The lowest BCUT2D eigenvalue weighted by Crippen LogP contribution is -2.09. The third-order valence-electron chi connectivity index (χ3n) is 1.63. The molecule has 0 saturated heterocycles. The van der Waals surface area contributed by atoms with Crippen LogP contribution in [0.3, 0.4) is 0 Å². The Morgan fingerprint density at radius 1 is 1.31 bits per heavy atom. The highest BCUT2D eigenvalue weighted by molar-refractivity contribution is 5.98. The van der Waals surface area contributed by atoms with Crippen molar-refractivity contribution in [3.05, 3.63) is 42.0 Å². The molecule has 1 aromatic carbocycles. The van der Waals surface area contributed by atoms with E-state index in [9.17, 15) is 13.6 Å². The number of hydrogen-bond acceptors (Lipinski definition) is 1. The van der Waals surface area contributed by atoms with E-state index in [2.05, 4.69) is 6.58 Å². The first-order chi connectivity index (χ1) is 6.15. The molecule has 0 aliphatic carbocycles. The highest BCUT2D eigenvalue weighted by Gasteiger charge is 2.16. The van der Waals surface area contributed by atoms with Gasteiger partial charge >= 0.3 is 6.43 Å². The molecule has 0 N–H and O–H groups in total. The van der Waals surface area contributed by atoms with E-state index in [1.165, 1.54) is 12.1 Å². The fourth-order valence-electron chi connectivity index (χ4n) is 0.909.